The number of likely N-dealkylation sites (tertiary alicyclic amines) is 1. The normalized spacial score (nSPS) is 20.3. The summed E-state index contributed by atoms with van der Waals surface area (Å²) in [5.41, 5.74) is 10.8. The van der Waals surface area contributed by atoms with Crippen molar-refractivity contribution >= 4 is 29.6 Å². The second-order valence-corrected chi connectivity index (χ2v) is 7.10. The second kappa shape index (κ2) is 10.7. The number of nitrogens with one attached hydrogen (secondary N) is 2. The molecular formula is C17H29N5O7. The van der Waals surface area contributed by atoms with Crippen LogP contribution in [0.25, 0.3) is 0 Å². The van der Waals surface area contributed by atoms with Gasteiger partial charge >= 0.3 is 5.97 Å². The van der Waals surface area contributed by atoms with Gasteiger partial charge in [0.15, 0.2) is 6.04 Å². The van der Waals surface area contributed by atoms with Gasteiger partial charge in [-0.05, 0) is 33.1 Å². The molecule has 1 saturated heterocycles. The van der Waals surface area contributed by atoms with Crippen LogP contribution in [0.1, 0.15) is 39.5 Å². The van der Waals surface area contributed by atoms with Crippen LogP contribution in [0.3, 0.4) is 0 Å². The van der Waals surface area contributed by atoms with Gasteiger partial charge in [-0.25, -0.2) is 4.79 Å². The summed E-state index contributed by atoms with van der Waals surface area (Å²) in [4.78, 5) is 60.4. The van der Waals surface area contributed by atoms with Crippen LogP contribution in [0.2, 0.25) is 0 Å². The molecular weight excluding hydrogens is 386 g/mol. The molecule has 0 bridgehead atoms. The van der Waals surface area contributed by atoms with E-state index in [-0.39, 0.29) is 12.8 Å². The SMILES string of the molecule is CC(NC(=O)C1CCCN1C(=O)C(N)CCC(N)=O)C(=O)NC(C(=O)O)C(C)O. The molecule has 12 heteroatoms. The van der Waals surface area contributed by atoms with Crippen molar-refractivity contribution in [2.45, 2.75) is 69.8 Å². The molecule has 1 fully saturated rings. The third kappa shape index (κ3) is 6.98. The van der Waals surface area contributed by atoms with Gasteiger partial charge in [0.1, 0.15) is 12.1 Å². The van der Waals surface area contributed by atoms with E-state index in [1.807, 2.05) is 0 Å². The van der Waals surface area contributed by atoms with E-state index in [0.29, 0.717) is 19.4 Å². The number of carboxylic acid groups (broad SMARTS) is 1. The predicted octanol–water partition coefficient (Wildman–Crippen LogP) is -2.97. The number of hydrogen-bond acceptors (Lipinski definition) is 7. The molecule has 0 aromatic carbocycles. The topological polar surface area (TPSA) is 205 Å². The number of nitrogens with zero attached hydrogens (tertiary/aromatic N) is 1. The molecule has 0 aromatic heterocycles. The summed E-state index contributed by atoms with van der Waals surface area (Å²) in [5.74, 6) is -3.85. The lowest BCUT2D eigenvalue weighted by Crippen LogP contribution is -2.57. The summed E-state index contributed by atoms with van der Waals surface area (Å²) in [6.07, 6.45) is -0.379. The molecule has 0 aromatic rings. The highest BCUT2D eigenvalue weighted by molar-refractivity contribution is 5.94. The molecule has 1 aliphatic rings. The monoisotopic (exact) mass is 415 g/mol. The second-order valence-electron chi connectivity index (χ2n) is 7.10. The summed E-state index contributed by atoms with van der Waals surface area (Å²) in [6, 6.07) is -4.41. The average molecular weight is 415 g/mol. The third-order valence-electron chi connectivity index (χ3n) is 4.66. The smallest absolute Gasteiger partial charge is 0.328 e. The molecule has 12 nitrogen and oxygen atoms in total. The number of aliphatic hydroxyl groups is 1. The summed E-state index contributed by atoms with van der Waals surface area (Å²) in [5, 5.41) is 23.0. The summed E-state index contributed by atoms with van der Waals surface area (Å²) < 4.78 is 0. The lowest BCUT2D eigenvalue weighted by molar-refractivity contribution is -0.145. The van der Waals surface area contributed by atoms with E-state index in [0.717, 1.165) is 0 Å². The molecule has 164 valence electrons. The Morgan fingerprint density at radius 3 is 2.31 bits per heavy atom. The van der Waals surface area contributed by atoms with Crippen molar-refractivity contribution in [3.63, 3.8) is 0 Å². The summed E-state index contributed by atoms with van der Waals surface area (Å²) in [6.45, 7) is 2.88. The van der Waals surface area contributed by atoms with Gasteiger partial charge in [-0.1, -0.05) is 0 Å². The molecule has 0 saturated carbocycles. The first-order chi connectivity index (χ1) is 13.5. The highest BCUT2D eigenvalue weighted by atomic mass is 16.4. The standard InChI is InChI=1S/C17H29N5O7/c1-8(14(25)21-13(9(2)23)17(28)29)20-15(26)11-4-3-7-22(11)16(27)10(18)5-6-12(19)24/h8-11,13,23H,3-7,18H2,1-2H3,(H2,19,24)(H,20,26)(H,21,25)(H,28,29). The maximum atomic E-state index is 12.6. The highest BCUT2D eigenvalue weighted by Crippen LogP contribution is 2.19. The molecule has 0 aliphatic carbocycles. The van der Waals surface area contributed by atoms with E-state index >= 15 is 0 Å². The first-order valence-corrected chi connectivity index (χ1v) is 9.31. The minimum Gasteiger partial charge on any atom is -0.480 e. The predicted molar refractivity (Wildman–Crippen MR) is 100.0 cm³/mol. The Bertz CT molecular complexity index is 654. The maximum absolute atomic E-state index is 12.6. The first kappa shape index (κ1) is 24.3. The zero-order valence-electron chi connectivity index (χ0n) is 16.5. The van der Waals surface area contributed by atoms with Crippen LogP contribution in [0.15, 0.2) is 0 Å². The molecule has 4 amide bonds. The largest absolute Gasteiger partial charge is 0.480 e. The molecule has 0 spiro atoms. The third-order valence-corrected chi connectivity index (χ3v) is 4.66. The highest BCUT2D eigenvalue weighted by Gasteiger charge is 2.37. The minimum absolute atomic E-state index is 0.0527. The number of aliphatic hydroxyl groups excluding tert-OH is 1. The fraction of sp³-hybridized carbons (Fsp3) is 0.706. The number of hydrogen-bond donors (Lipinski definition) is 6. The van der Waals surface area contributed by atoms with Crippen molar-refractivity contribution in [2.75, 3.05) is 6.54 Å². The van der Waals surface area contributed by atoms with Crippen molar-refractivity contribution in [1.29, 1.82) is 0 Å². The van der Waals surface area contributed by atoms with Gasteiger partial charge in [-0.15, -0.1) is 0 Å². The van der Waals surface area contributed by atoms with Gasteiger partial charge in [-0.3, -0.25) is 19.2 Å². The number of amides is 4. The fourth-order valence-corrected chi connectivity index (χ4v) is 2.98. The van der Waals surface area contributed by atoms with Crippen molar-refractivity contribution in [3.05, 3.63) is 0 Å². The van der Waals surface area contributed by atoms with Crippen LogP contribution in [0.5, 0.6) is 0 Å². The van der Waals surface area contributed by atoms with Crippen molar-refractivity contribution < 1.29 is 34.2 Å². The number of carboxylic acids is 1. The molecule has 1 aliphatic heterocycles. The Hall–Kier alpha value is -2.73. The van der Waals surface area contributed by atoms with Crippen LogP contribution in [-0.4, -0.2) is 81.5 Å². The molecule has 8 N–H and O–H groups in total. The Balaban J connectivity index is 2.69. The van der Waals surface area contributed by atoms with Crippen LogP contribution in [0.4, 0.5) is 0 Å². The Morgan fingerprint density at radius 2 is 1.79 bits per heavy atom. The molecule has 29 heavy (non-hydrogen) atoms. The lowest BCUT2D eigenvalue weighted by Gasteiger charge is -2.28. The average Bonchev–Trinajstić information content (AvgIpc) is 3.12. The van der Waals surface area contributed by atoms with Gasteiger partial charge in [-0.2, -0.15) is 0 Å². The van der Waals surface area contributed by atoms with Crippen LogP contribution in [0, 0.1) is 0 Å². The van der Waals surface area contributed by atoms with Gasteiger partial charge < -0.3 is 37.2 Å². The van der Waals surface area contributed by atoms with Gasteiger partial charge in [0.25, 0.3) is 0 Å². The summed E-state index contributed by atoms with van der Waals surface area (Å²) >= 11 is 0. The number of nitrogens with two attached hydrogens (primary N) is 2. The molecule has 1 rings (SSSR count). The number of carbonyl (C=O) groups is 5. The van der Waals surface area contributed by atoms with E-state index in [1.54, 1.807) is 0 Å². The molecule has 5 unspecified atom stereocenters. The summed E-state index contributed by atoms with van der Waals surface area (Å²) in [7, 11) is 0. The van der Waals surface area contributed by atoms with Gasteiger partial charge in [0.2, 0.25) is 23.6 Å². The zero-order chi connectivity index (χ0) is 22.3. The zero-order valence-corrected chi connectivity index (χ0v) is 16.5. The Labute approximate surface area is 168 Å². The maximum Gasteiger partial charge on any atom is 0.328 e. The van der Waals surface area contributed by atoms with E-state index < -0.39 is 59.9 Å². The number of aliphatic carboxylic acids is 1. The molecule has 1 heterocycles. The van der Waals surface area contributed by atoms with Crippen LogP contribution < -0.4 is 22.1 Å². The first-order valence-electron chi connectivity index (χ1n) is 9.31. The van der Waals surface area contributed by atoms with Crippen molar-refractivity contribution in [3.8, 4) is 0 Å². The van der Waals surface area contributed by atoms with Crippen molar-refractivity contribution in [1.82, 2.24) is 15.5 Å². The molecule has 5 atom stereocenters. The molecule has 0 radical (unpaired) electrons. The number of carbonyl (C=O) groups excluding carboxylic acids is 4. The van der Waals surface area contributed by atoms with E-state index in [4.69, 9.17) is 16.6 Å². The van der Waals surface area contributed by atoms with Gasteiger partial charge in [0, 0.05) is 13.0 Å². The minimum atomic E-state index is -1.52. The quantitative estimate of drug-likeness (QED) is 0.217. The fourth-order valence-electron chi connectivity index (χ4n) is 2.98. The van der Waals surface area contributed by atoms with Crippen LogP contribution in [-0.2, 0) is 24.0 Å². The Kier molecular flexibility index (Phi) is 8.98. The van der Waals surface area contributed by atoms with Gasteiger partial charge in [0.05, 0.1) is 12.1 Å². The van der Waals surface area contributed by atoms with Crippen molar-refractivity contribution in [2.24, 2.45) is 11.5 Å². The Morgan fingerprint density at radius 1 is 1.17 bits per heavy atom. The van der Waals surface area contributed by atoms with E-state index in [2.05, 4.69) is 10.6 Å². The van der Waals surface area contributed by atoms with Crippen LogP contribution >= 0.6 is 0 Å². The van der Waals surface area contributed by atoms with E-state index in [9.17, 15) is 29.1 Å². The number of primary amides is 1. The number of rotatable bonds is 10. The van der Waals surface area contributed by atoms with E-state index in [1.165, 1.54) is 18.7 Å². The lowest BCUT2D eigenvalue weighted by atomic mass is 10.1.